The van der Waals surface area contributed by atoms with Gasteiger partial charge in [-0.2, -0.15) is 0 Å². The van der Waals surface area contributed by atoms with E-state index in [-0.39, 0.29) is 17.6 Å². The van der Waals surface area contributed by atoms with E-state index in [1.165, 1.54) is 19.2 Å². The van der Waals surface area contributed by atoms with Crippen molar-refractivity contribution in [3.05, 3.63) is 39.9 Å². The maximum atomic E-state index is 11.4. The average Bonchev–Trinajstić information content (AvgIpc) is 2.30. The van der Waals surface area contributed by atoms with E-state index >= 15 is 0 Å². The molecule has 1 atom stereocenters. The second-order valence-electron chi connectivity index (χ2n) is 3.33. The highest BCUT2D eigenvalue weighted by molar-refractivity contribution is 5.78. The van der Waals surface area contributed by atoms with Gasteiger partial charge in [0.05, 0.1) is 18.0 Å². The van der Waals surface area contributed by atoms with E-state index in [1.807, 2.05) is 6.92 Å². The number of nitrogens with zero attached hydrogens (tertiary/aromatic N) is 1. The summed E-state index contributed by atoms with van der Waals surface area (Å²) in [6.45, 7) is 1.86. The van der Waals surface area contributed by atoms with Crippen molar-refractivity contribution in [2.45, 2.75) is 19.3 Å². The monoisotopic (exact) mass is 223 g/mol. The molecule has 0 saturated heterocycles. The summed E-state index contributed by atoms with van der Waals surface area (Å²) in [5.41, 5.74) is 0.753. The molecule has 1 unspecified atom stereocenters. The number of esters is 1. The zero-order valence-corrected chi connectivity index (χ0v) is 9.17. The van der Waals surface area contributed by atoms with Crippen molar-refractivity contribution < 1.29 is 14.5 Å². The molecule has 0 amide bonds. The molecule has 0 saturated carbocycles. The second kappa shape index (κ2) is 5.25. The van der Waals surface area contributed by atoms with Crippen LogP contribution in [0.25, 0.3) is 0 Å². The summed E-state index contributed by atoms with van der Waals surface area (Å²) >= 11 is 0. The van der Waals surface area contributed by atoms with Crippen molar-refractivity contribution >= 4 is 11.7 Å². The van der Waals surface area contributed by atoms with E-state index in [0.717, 1.165) is 5.56 Å². The van der Waals surface area contributed by atoms with Gasteiger partial charge in [0.2, 0.25) is 0 Å². The van der Waals surface area contributed by atoms with Crippen LogP contribution in [-0.4, -0.2) is 18.0 Å². The Balaban J connectivity index is 2.95. The molecule has 0 aliphatic carbocycles. The number of nitro benzene ring substituents is 1. The van der Waals surface area contributed by atoms with Crippen LogP contribution in [0.15, 0.2) is 24.3 Å². The summed E-state index contributed by atoms with van der Waals surface area (Å²) in [6, 6.07) is 5.95. The predicted octanol–water partition coefficient (Wildman–Crippen LogP) is 2.26. The number of hydrogen-bond acceptors (Lipinski definition) is 4. The molecule has 16 heavy (non-hydrogen) atoms. The molecule has 5 heteroatoms. The lowest BCUT2D eigenvalue weighted by molar-refractivity contribution is -0.384. The van der Waals surface area contributed by atoms with Crippen LogP contribution in [0, 0.1) is 10.1 Å². The zero-order chi connectivity index (χ0) is 12.1. The zero-order valence-electron chi connectivity index (χ0n) is 9.17. The number of ether oxygens (including phenoxy) is 1. The Morgan fingerprint density at radius 2 is 2.00 bits per heavy atom. The Labute approximate surface area is 93.2 Å². The molecule has 0 heterocycles. The fourth-order valence-corrected chi connectivity index (χ4v) is 1.51. The van der Waals surface area contributed by atoms with Gasteiger partial charge in [-0.15, -0.1) is 0 Å². The highest BCUT2D eigenvalue weighted by Gasteiger charge is 2.19. The van der Waals surface area contributed by atoms with E-state index in [2.05, 4.69) is 4.74 Å². The third kappa shape index (κ3) is 2.56. The molecule has 1 rings (SSSR count). The van der Waals surface area contributed by atoms with Crippen molar-refractivity contribution in [3.8, 4) is 0 Å². The van der Waals surface area contributed by atoms with Crippen molar-refractivity contribution in [1.82, 2.24) is 0 Å². The highest BCUT2D eigenvalue weighted by Crippen LogP contribution is 2.23. The number of carbonyl (C=O) groups excluding carboxylic acids is 1. The Morgan fingerprint density at radius 1 is 1.44 bits per heavy atom. The summed E-state index contributed by atoms with van der Waals surface area (Å²) in [4.78, 5) is 21.4. The molecule has 0 N–H and O–H groups in total. The van der Waals surface area contributed by atoms with E-state index in [0.29, 0.717) is 6.42 Å². The summed E-state index contributed by atoms with van der Waals surface area (Å²) in [5.74, 6) is -0.679. The summed E-state index contributed by atoms with van der Waals surface area (Å²) in [6.07, 6.45) is 0.602. The third-order valence-electron chi connectivity index (χ3n) is 2.40. The first-order valence-electron chi connectivity index (χ1n) is 4.92. The number of carbonyl (C=O) groups is 1. The van der Waals surface area contributed by atoms with Crippen LogP contribution in [0.3, 0.4) is 0 Å². The van der Waals surface area contributed by atoms with Crippen molar-refractivity contribution in [2.24, 2.45) is 0 Å². The van der Waals surface area contributed by atoms with Crippen LogP contribution in [-0.2, 0) is 9.53 Å². The van der Waals surface area contributed by atoms with Gasteiger partial charge in [0.25, 0.3) is 5.69 Å². The van der Waals surface area contributed by atoms with Gasteiger partial charge in [0, 0.05) is 12.1 Å². The summed E-state index contributed by atoms with van der Waals surface area (Å²) < 4.78 is 4.66. The molecule has 0 radical (unpaired) electrons. The Morgan fingerprint density at radius 3 is 2.38 bits per heavy atom. The molecule has 0 aliphatic rings. The van der Waals surface area contributed by atoms with Gasteiger partial charge in [0.1, 0.15) is 0 Å². The van der Waals surface area contributed by atoms with Crippen LogP contribution < -0.4 is 0 Å². The fourth-order valence-electron chi connectivity index (χ4n) is 1.51. The normalized spacial score (nSPS) is 11.9. The molecule has 0 aliphatic heterocycles. The van der Waals surface area contributed by atoms with Crippen molar-refractivity contribution in [2.75, 3.05) is 7.11 Å². The topological polar surface area (TPSA) is 69.4 Å². The minimum atomic E-state index is -0.469. The molecule has 0 spiro atoms. The van der Waals surface area contributed by atoms with E-state index in [9.17, 15) is 14.9 Å². The SMILES string of the molecule is CCC(C(=O)OC)c1ccc([N+](=O)[O-])cc1. The minimum absolute atomic E-state index is 0.0171. The molecule has 0 bridgehead atoms. The number of rotatable bonds is 4. The van der Waals surface area contributed by atoms with Gasteiger partial charge in [0.15, 0.2) is 0 Å². The van der Waals surface area contributed by atoms with Gasteiger partial charge in [-0.25, -0.2) is 0 Å². The number of non-ortho nitro benzene ring substituents is 1. The molecule has 1 aromatic rings. The molecular weight excluding hydrogens is 210 g/mol. The molecule has 1 aromatic carbocycles. The average molecular weight is 223 g/mol. The predicted molar refractivity (Wildman–Crippen MR) is 58.1 cm³/mol. The number of benzene rings is 1. The lowest BCUT2D eigenvalue weighted by Crippen LogP contribution is -2.13. The first kappa shape index (κ1) is 12.2. The quantitative estimate of drug-likeness (QED) is 0.446. The Hall–Kier alpha value is -1.91. The van der Waals surface area contributed by atoms with Crippen molar-refractivity contribution in [1.29, 1.82) is 0 Å². The summed E-state index contributed by atoms with van der Waals surface area (Å²) in [5, 5.41) is 10.5. The van der Waals surface area contributed by atoms with Gasteiger partial charge < -0.3 is 4.74 Å². The molecule has 0 fully saturated rings. The largest absolute Gasteiger partial charge is 0.469 e. The van der Waals surface area contributed by atoms with Crippen LogP contribution >= 0.6 is 0 Å². The third-order valence-corrected chi connectivity index (χ3v) is 2.40. The smallest absolute Gasteiger partial charge is 0.313 e. The first-order valence-corrected chi connectivity index (χ1v) is 4.92. The Bertz CT molecular complexity index is 385. The van der Waals surface area contributed by atoms with Gasteiger partial charge in [-0.1, -0.05) is 19.1 Å². The second-order valence-corrected chi connectivity index (χ2v) is 3.33. The highest BCUT2D eigenvalue weighted by atomic mass is 16.6. The minimum Gasteiger partial charge on any atom is -0.469 e. The molecule has 5 nitrogen and oxygen atoms in total. The van der Waals surface area contributed by atoms with Crippen molar-refractivity contribution in [3.63, 3.8) is 0 Å². The van der Waals surface area contributed by atoms with E-state index in [4.69, 9.17) is 0 Å². The summed E-state index contributed by atoms with van der Waals surface area (Å²) in [7, 11) is 1.33. The van der Waals surface area contributed by atoms with Crippen LogP contribution in [0.5, 0.6) is 0 Å². The fraction of sp³-hybridized carbons (Fsp3) is 0.364. The maximum Gasteiger partial charge on any atom is 0.313 e. The van der Waals surface area contributed by atoms with Gasteiger partial charge in [-0.05, 0) is 12.0 Å². The van der Waals surface area contributed by atoms with Gasteiger partial charge >= 0.3 is 5.97 Å². The van der Waals surface area contributed by atoms with Crippen LogP contribution in [0.2, 0.25) is 0 Å². The molecular formula is C11H13NO4. The Kier molecular flexibility index (Phi) is 3.99. The number of nitro groups is 1. The lowest BCUT2D eigenvalue weighted by atomic mass is 9.96. The number of methoxy groups -OCH3 is 1. The van der Waals surface area contributed by atoms with E-state index < -0.39 is 4.92 Å². The molecule has 86 valence electrons. The first-order chi connectivity index (χ1) is 7.60. The van der Waals surface area contributed by atoms with Gasteiger partial charge in [-0.3, -0.25) is 14.9 Å². The maximum absolute atomic E-state index is 11.4. The van der Waals surface area contributed by atoms with E-state index in [1.54, 1.807) is 12.1 Å². The van der Waals surface area contributed by atoms with Crippen LogP contribution in [0.1, 0.15) is 24.8 Å². The number of hydrogen-bond donors (Lipinski definition) is 0. The van der Waals surface area contributed by atoms with Crippen LogP contribution in [0.4, 0.5) is 5.69 Å². The standard InChI is InChI=1S/C11H13NO4/c1-3-10(11(13)16-2)8-4-6-9(7-5-8)12(14)15/h4-7,10H,3H2,1-2H3. The molecule has 0 aromatic heterocycles. The lowest BCUT2D eigenvalue weighted by Gasteiger charge is -2.12.